The fourth-order valence-electron chi connectivity index (χ4n) is 4.86. The van der Waals surface area contributed by atoms with Gasteiger partial charge in [0.15, 0.2) is 0 Å². The van der Waals surface area contributed by atoms with Crippen LogP contribution in [0.3, 0.4) is 0 Å². The van der Waals surface area contributed by atoms with E-state index in [4.69, 9.17) is 4.42 Å². The minimum Gasteiger partial charge on any atom is -0.455 e. The van der Waals surface area contributed by atoms with Crippen LogP contribution < -0.4 is 10.4 Å². The summed E-state index contributed by atoms with van der Waals surface area (Å²) >= 11 is 0. The van der Waals surface area contributed by atoms with Gasteiger partial charge in [-0.15, -0.1) is 0 Å². The van der Waals surface area contributed by atoms with Crippen LogP contribution in [0.2, 0.25) is 13.1 Å². The molecule has 26 heavy (non-hydrogen) atoms. The largest absolute Gasteiger partial charge is 0.455 e. The van der Waals surface area contributed by atoms with E-state index < -0.39 is 8.07 Å². The number of benzene rings is 4. The molecule has 1 nitrogen and oxygen atoms in total. The second kappa shape index (κ2) is 4.66. The number of para-hydroxylation sites is 1. The number of hydrogen-bond acceptors (Lipinski definition) is 1. The van der Waals surface area contributed by atoms with Gasteiger partial charge in [-0.3, -0.25) is 0 Å². The Morgan fingerprint density at radius 2 is 1.46 bits per heavy atom. The molecule has 0 amide bonds. The van der Waals surface area contributed by atoms with Crippen molar-refractivity contribution < 1.29 is 4.42 Å². The summed E-state index contributed by atoms with van der Waals surface area (Å²) in [6.45, 7) is 4.94. The second-order valence-corrected chi connectivity index (χ2v) is 12.1. The molecule has 2 heteroatoms. The molecule has 0 saturated carbocycles. The van der Waals surface area contributed by atoms with Gasteiger partial charge in [-0.1, -0.05) is 73.8 Å². The standard InChI is InChI=1S/C24H18OSi/c1-26(2)21-10-6-4-8-17(21)19-14-12-15-11-13-18-16-7-3-5-9-20(16)25-23(18)22(15)24(19)26/h3-14H,1-2H3. The zero-order valence-electron chi connectivity index (χ0n) is 14.8. The maximum atomic E-state index is 6.41. The minimum atomic E-state index is -1.77. The molecule has 1 aliphatic heterocycles. The molecule has 1 aromatic heterocycles. The van der Waals surface area contributed by atoms with Gasteiger partial charge in [-0.2, -0.15) is 0 Å². The third-order valence-electron chi connectivity index (χ3n) is 6.04. The Morgan fingerprint density at radius 1 is 0.692 bits per heavy atom. The van der Waals surface area contributed by atoms with Crippen LogP contribution in [0.5, 0.6) is 0 Å². The maximum Gasteiger partial charge on any atom is 0.143 e. The lowest BCUT2D eigenvalue weighted by Gasteiger charge is -2.20. The van der Waals surface area contributed by atoms with Gasteiger partial charge in [0.05, 0.1) is 0 Å². The van der Waals surface area contributed by atoms with Gasteiger partial charge in [0.25, 0.3) is 0 Å². The molecule has 5 aromatic rings. The van der Waals surface area contributed by atoms with Gasteiger partial charge in [0, 0.05) is 16.2 Å². The van der Waals surface area contributed by atoms with Crippen molar-refractivity contribution in [3.63, 3.8) is 0 Å². The van der Waals surface area contributed by atoms with Gasteiger partial charge in [-0.05, 0) is 39.0 Å². The van der Waals surface area contributed by atoms with Crippen LogP contribution in [-0.4, -0.2) is 8.07 Å². The van der Waals surface area contributed by atoms with Gasteiger partial charge in [-0.25, -0.2) is 0 Å². The van der Waals surface area contributed by atoms with Gasteiger partial charge < -0.3 is 4.42 Å². The molecule has 1 aliphatic rings. The van der Waals surface area contributed by atoms with Crippen molar-refractivity contribution in [2.45, 2.75) is 13.1 Å². The molecule has 2 heterocycles. The van der Waals surface area contributed by atoms with Crippen LogP contribution in [0.15, 0.2) is 77.2 Å². The third-order valence-corrected chi connectivity index (χ3v) is 9.60. The molecule has 0 atom stereocenters. The molecule has 0 N–H and O–H groups in total. The summed E-state index contributed by atoms with van der Waals surface area (Å²) in [6.07, 6.45) is 0. The first-order valence-electron chi connectivity index (χ1n) is 9.13. The quantitative estimate of drug-likeness (QED) is 0.334. The summed E-state index contributed by atoms with van der Waals surface area (Å²) in [6, 6.07) is 26.3. The topological polar surface area (TPSA) is 13.1 Å². The summed E-state index contributed by atoms with van der Waals surface area (Å²) in [5.41, 5.74) is 4.84. The molecule has 4 aromatic carbocycles. The van der Waals surface area contributed by atoms with Crippen molar-refractivity contribution in [2.24, 2.45) is 0 Å². The molecular weight excluding hydrogens is 332 g/mol. The Hall–Kier alpha value is -2.84. The molecule has 0 bridgehead atoms. The molecule has 0 aliphatic carbocycles. The van der Waals surface area contributed by atoms with Crippen molar-refractivity contribution in [3.05, 3.63) is 72.8 Å². The van der Waals surface area contributed by atoms with E-state index in [0.29, 0.717) is 0 Å². The number of furan rings is 1. The highest BCUT2D eigenvalue weighted by Crippen LogP contribution is 2.38. The molecular formula is C24H18OSi. The molecule has 0 saturated heterocycles. The fraction of sp³-hybridized carbons (Fsp3) is 0.0833. The average Bonchev–Trinajstić information content (AvgIpc) is 3.16. The van der Waals surface area contributed by atoms with E-state index in [2.05, 4.69) is 79.8 Å². The van der Waals surface area contributed by atoms with E-state index in [1.807, 2.05) is 6.07 Å². The molecule has 0 spiro atoms. The van der Waals surface area contributed by atoms with Crippen LogP contribution in [0.1, 0.15) is 0 Å². The summed E-state index contributed by atoms with van der Waals surface area (Å²) in [5.74, 6) is 0. The van der Waals surface area contributed by atoms with Crippen molar-refractivity contribution in [3.8, 4) is 11.1 Å². The summed E-state index contributed by atoms with van der Waals surface area (Å²) in [7, 11) is -1.77. The van der Waals surface area contributed by atoms with Gasteiger partial charge >= 0.3 is 0 Å². The van der Waals surface area contributed by atoms with E-state index >= 15 is 0 Å². The summed E-state index contributed by atoms with van der Waals surface area (Å²) in [5, 5.41) is 8.10. The smallest absolute Gasteiger partial charge is 0.143 e. The predicted octanol–water partition coefficient (Wildman–Crippen LogP) is 5.54. The fourth-order valence-corrected chi connectivity index (χ4v) is 8.31. The van der Waals surface area contributed by atoms with Crippen LogP contribution in [-0.2, 0) is 0 Å². The average molecular weight is 350 g/mol. The number of rotatable bonds is 0. The van der Waals surface area contributed by atoms with Gasteiger partial charge in [0.1, 0.15) is 19.2 Å². The molecule has 124 valence electrons. The van der Waals surface area contributed by atoms with Crippen LogP contribution >= 0.6 is 0 Å². The van der Waals surface area contributed by atoms with Gasteiger partial charge in [0.2, 0.25) is 0 Å². The number of fused-ring (bicyclic) bond motifs is 9. The Bertz CT molecular complexity index is 1360. The van der Waals surface area contributed by atoms with E-state index in [9.17, 15) is 0 Å². The lowest BCUT2D eigenvalue weighted by atomic mass is 9.99. The monoisotopic (exact) mass is 350 g/mol. The number of hydrogen-bond donors (Lipinski definition) is 0. The zero-order chi connectivity index (χ0) is 17.5. The van der Waals surface area contributed by atoms with E-state index in [1.165, 1.54) is 43.0 Å². The molecule has 0 unspecified atom stereocenters. The Kier molecular flexibility index (Phi) is 2.57. The lowest BCUT2D eigenvalue weighted by Crippen LogP contribution is -2.49. The normalized spacial score (nSPS) is 14.8. The van der Waals surface area contributed by atoms with E-state index in [0.717, 1.165) is 11.2 Å². The summed E-state index contributed by atoms with van der Waals surface area (Å²) in [4.78, 5) is 0. The molecule has 0 radical (unpaired) electrons. The first kappa shape index (κ1) is 14.3. The molecule has 6 rings (SSSR count). The Morgan fingerprint density at radius 3 is 2.38 bits per heavy atom. The Balaban J connectivity index is 1.87. The van der Waals surface area contributed by atoms with Crippen molar-refractivity contribution in [1.29, 1.82) is 0 Å². The van der Waals surface area contributed by atoms with Crippen molar-refractivity contribution in [2.75, 3.05) is 0 Å². The maximum absolute atomic E-state index is 6.41. The summed E-state index contributed by atoms with van der Waals surface area (Å²) < 4.78 is 6.41. The highest BCUT2D eigenvalue weighted by molar-refractivity contribution is 7.05. The highest BCUT2D eigenvalue weighted by atomic mass is 28.3. The zero-order valence-corrected chi connectivity index (χ0v) is 15.8. The first-order valence-corrected chi connectivity index (χ1v) is 12.1. The van der Waals surface area contributed by atoms with E-state index in [1.54, 1.807) is 0 Å². The van der Waals surface area contributed by atoms with E-state index in [-0.39, 0.29) is 0 Å². The predicted molar refractivity (Wildman–Crippen MR) is 113 cm³/mol. The van der Waals surface area contributed by atoms with Crippen molar-refractivity contribution in [1.82, 2.24) is 0 Å². The SMILES string of the molecule is C[Si]1(C)c2ccccc2-c2ccc3ccc4c5ccccc5oc4c3c21. The van der Waals surface area contributed by atoms with Crippen molar-refractivity contribution >= 4 is 51.2 Å². The first-order chi connectivity index (χ1) is 12.7. The minimum absolute atomic E-state index is 0.975. The Labute approximate surface area is 152 Å². The van der Waals surface area contributed by atoms with Crippen LogP contribution in [0.4, 0.5) is 0 Å². The molecule has 0 fully saturated rings. The lowest BCUT2D eigenvalue weighted by molar-refractivity contribution is 0.673. The third kappa shape index (κ3) is 1.61. The van der Waals surface area contributed by atoms with Crippen LogP contribution in [0.25, 0.3) is 43.8 Å². The second-order valence-electron chi connectivity index (χ2n) is 7.80. The van der Waals surface area contributed by atoms with Crippen LogP contribution in [0, 0.1) is 0 Å². The highest BCUT2D eigenvalue weighted by Gasteiger charge is 2.39.